The number of carbonyl (C=O) groups is 1. The number of hydrogen-bond acceptors (Lipinski definition) is 7. The van der Waals surface area contributed by atoms with Gasteiger partial charge in [-0.25, -0.2) is 17.9 Å². The molecule has 0 bridgehead atoms. The molecule has 0 spiro atoms. The number of non-ortho nitro benzene ring substituents is 1. The van der Waals surface area contributed by atoms with Crippen molar-refractivity contribution in [3.63, 3.8) is 0 Å². The summed E-state index contributed by atoms with van der Waals surface area (Å²) >= 11 is 2.29. The van der Waals surface area contributed by atoms with Crippen LogP contribution in [0.25, 0.3) is 10.9 Å². The lowest BCUT2D eigenvalue weighted by atomic mass is 9.88. The van der Waals surface area contributed by atoms with Crippen molar-refractivity contribution in [2.45, 2.75) is 55.8 Å². The molecule has 13 heteroatoms. The number of sulfonamides is 1. The van der Waals surface area contributed by atoms with Crippen LogP contribution in [0.2, 0.25) is 0 Å². The fourth-order valence-corrected chi connectivity index (χ4v) is 8.48. The maximum absolute atomic E-state index is 13.9. The summed E-state index contributed by atoms with van der Waals surface area (Å²) in [7, 11) is -1.85. The summed E-state index contributed by atoms with van der Waals surface area (Å²) < 4.78 is 37.8. The van der Waals surface area contributed by atoms with E-state index < -0.39 is 32.2 Å². The second-order valence-electron chi connectivity index (χ2n) is 12.5. The van der Waals surface area contributed by atoms with Gasteiger partial charge in [-0.05, 0) is 93.1 Å². The molecular weight excluding hydrogens is 709 g/mol. The molecule has 236 valence electrons. The Labute approximate surface area is 275 Å². The van der Waals surface area contributed by atoms with Crippen LogP contribution in [0.15, 0.2) is 77.8 Å². The number of nitro benzene ring substituents is 1. The number of halogens is 1. The predicted octanol–water partition coefficient (Wildman–Crippen LogP) is 5.84. The molecule has 0 saturated carbocycles. The number of ether oxygens (including phenoxy) is 1. The Morgan fingerprint density at radius 2 is 1.82 bits per heavy atom. The van der Waals surface area contributed by atoms with Crippen molar-refractivity contribution in [3.05, 3.63) is 97.7 Å². The topological polar surface area (TPSA) is 127 Å². The summed E-state index contributed by atoms with van der Waals surface area (Å²) in [5, 5.41) is 12.0. The molecule has 1 saturated heterocycles. The standard InChI is InChI=1S/C32H34IN5O6S/c1-31(2,3)44-30(39)37-28-25(9-7-10-26(28)33)32(17-19-35(4)29(32)37)36-20-21(24-8-5-6-11-27(24)36)16-18-34-45(42,43)23-14-12-22(13-15-23)38(40)41/h5-15,20,29,34H,16-19H2,1-4H3/t29-,32-/m1/s1. The van der Waals surface area contributed by atoms with Gasteiger partial charge >= 0.3 is 6.09 Å². The van der Waals surface area contributed by atoms with Gasteiger partial charge < -0.3 is 9.30 Å². The van der Waals surface area contributed by atoms with Crippen molar-refractivity contribution >= 4 is 61.0 Å². The van der Waals surface area contributed by atoms with Gasteiger partial charge in [0.05, 0.1) is 15.5 Å². The first-order chi connectivity index (χ1) is 21.2. The maximum Gasteiger partial charge on any atom is 0.416 e. The van der Waals surface area contributed by atoms with E-state index in [1.165, 1.54) is 24.3 Å². The average molecular weight is 744 g/mol. The zero-order chi connectivity index (χ0) is 32.3. The second kappa shape index (κ2) is 11.4. The highest BCUT2D eigenvalue weighted by molar-refractivity contribution is 14.1. The molecule has 3 aromatic carbocycles. The molecule has 0 aliphatic carbocycles. The van der Waals surface area contributed by atoms with Gasteiger partial charge in [-0.2, -0.15) is 0 Å². The molecule has 2 aliphatic rings. The zero-order valence-electron chi connectivity index (χ0n) is 25.4. The second-order valence-corrected chi connectivity index (χ2v) is 15.4. The molecule has 1 N–H and O–H groups in total. The number of aromatic nitrogens is 1. The molecule has 45 heavy (non-hydrogen) atoms. The molecular formula is C32H34IN5O6S. The average Bonchev–Trinajstić information content (AvgIpc) is 3.61. The number of carbonyl (C=O) groups excluding carboxylic acids is 1. The third kappa shape index (κ3) is 5.38. The van der Waals surface area contributed by atoms with Gasteiger partial charge in [0, 0.05) is 51.5 Å². The highest BCUT2D eigenvalue weighted by Gasteiger charge is 2.60. The van der Waals surface area contributed by atoms with E-state index in [2.05, 4.69) is 55.1 Å². The molecule has 1 aromatic heterocycles. The Balaban J connectivity index is 1.39. The van der Waals surface area contributed by atoms with Gasteiger partial charge in [-0.3, -0.25) is 19.9 Å². The lowest BCUT2D eigenvalue weighted by Crippen LogP contribution is -2.54. The van der Waals surface area contributed by atoms with Crippen molar-refractivity contribution in [2.24, 2.45) is 0 Å². The molecule has 2 aliphatic heterocycles. The molecule has 0 radical (unpaired) electrons. The Morgan fingerprint density at radius 1 is 1.11 bits per heavy atom. The lowest BCUT2D eigenvalue weighted by Gasteiger charge is -2.38. The number of benzene rings is 3. The number of rotatable bonds is 7. The Kier molecular flexibility index (Phi) is 7.95. The Hall–Kier alpha value is -3.53. The van der Waals surface area contributed by atoms with Crippen LogP contribution in [0, 0.1) is 13.7 Å². The minimum absolute atomic E-state index is 0.0364. The summed E-state index contributed by atoms with van der Waals surface area (Å²) in [5.74, 6) is 0. The summed E-state index contributed by atoms with van der Waals surface area (Å²) in [6.45, 7) is 6.48. The summed E-state index contributed by atoms with van der Waals surface area (Å²) in [5.41, 5.74) is 2.38. The molecule has 11 nitrogen and oxygen atoms in total. The minimum Gasteiger partial charge on any atom is -0.443 e. The molecule has 4 aromatic rings. The Morgan fingerprint density at radius 3 is 2.51 bits per heavy atom. The highest BCUT2D eigenvalue weighted by Crippen LogP contribution is 2.55. The number of nitrogens with zero attached hydrogens (tertiary/aromatic N) is 4. The number of likely N-dealkylation sites (tertiary alicyclic amines) is 1. The van der Waals surface area contributed by atoms with E-state index in [4.69, 9.17) is 4.74 Å². The number of fused-ring (bicyclic) bond motifs is 4. The van der Waals surface area contributed by atoms with Crippen LogP contribution >= 0.6 is 22.6 Å². The van der Waals surface area contributed by atoms with E-state index in [0.29, 0.717) is 6.42 Å². The van der Waals surface area contributed by atoms with Gasteiger partial charge in [0.25, 0.3) is 5.69 Å². The first kappa shape index (κ1) is 31.5. The summed E-state index contributed by atoms with van der Waals surface area (Å²) in [6, 6.07) is 19.0. The van der Waals surface area contributed by atoms with E-state index in [-0.39, 0.29) is 23.3 Å². The van der Waals surface area contributed by atoms with Crippen molar-refractivity contribution in [1.82, 2.24) is 14.2 Å². The van der Waals surface area contributed by atoms with Gasteiger partial charge in [0.15, 0.2) is 0 Å². The maximum atomic E-state index is 13.9. The number of nitrogens with one attached hydrogen (secondary N) is 1. The minimum atomic E-state index is -3.88. The fraction of sp³-hybridized carbons (Fsp3) is 0.344. The van der Waals surface area contributed by atoms with Crippen molar-refractivity contribution in [2.75, 3.05) is 25.0 Å². The molecule has 6 rings (SSSR count). The van der Waals surface area contributed by atoms with Gasteiger partial charge in [-0.1, -0.05) is 30.3 Å². The molecule has 0 unspecified atom stereocenters. The normalized spacial score (nSPS) is 19.9. The van der Waals surface area contributed by atoms with Gasteiger partial charge in [0.1, 0.15) is 17.3 Å². The first-order valence-electron chi connectivity index (χ1n) is 14.6. The highest BCUT2D eigenvalue weighted by atomic mass is 127. The van der Waals surface area contributed by atoms with Crippen molar-refractivity contribution in [1.29, 1.82) is 0 Å². The van der Waals surface area contributed by atoms with Gasteiger partial charge in [-0.15, -0.1) is 0 Å². The number of likely N-dealkylation sites (N-methyl/N-ethyl adjacent to an activating group) is 1. The summed E-state index contributed by atoms with van der Waals surface area (Å²) in [6.07, 6.45) is 2.52. The van der Waals surface area contributed by atoms with E-state index in [1.54, 1.807) is 0 Å². The van der Waals surface area contributed by atoms with E-state index >= 15 is 0 Å². The predicted molar refractivity (Wildman–Crippen MR) is 180 cm³/mol. The third-order valence-electron chi connectivity index (χ3n) is 8.49. The van der Waals surface area contributed by atoms with E-state index in [1.807, 2.05) is 63.1 Å². The third-order valence-corrected chi connectivity index (χ3v) is 10.8. The largest absolute Gasteiger partial charge is 0.443 e. The van der Waals surface area contributed by atoms with Crippen LogP contribution in [0.4, 0.5) is 16.2 Å². The monoisotopic (exact) mass is 743 g/mol. The number of nitro groups is 1. The lowest BCUT2D eigenvalue weighted by molar-refractivity contribution is -0.384. The molecule has 1 amide bonds. The van der Waals surface area contributed by atoms with E-state index in [0.717, 1.165) is 44.3 Å². The fourth-order valence-electron chi connectivity index (χ4n) is 6.69. The van der Waals surface area contributed by atoms with E-state index in [9.17, 15) is 23.3 Å². The number of para-hydroxylation sites is 2. The van der Waals surface area contributed by atoms with Gasteiger partial charge in [0.2, 0.25) is 10.0 Å². The number of amides is 1. The van der Waals surface area contributed by atoms with Crippen LogP contribution in [0.5, 0.6) is 0 Å². The van der Waals surface area contributed by atoms with Crippen LogP contribution in [0.1, 0.15) is 38.3 Å². The molecule has 2 atom stereocenters. The van der Waals surface area contributed by atoms with Crippen LogP contribution in [0.3, 0.4) is 0 Å². The Bertz CT molecular complexity index is 1920. The van der Waals surface area contributed by atoms with Crippen molar-refractivity contribution in [3.8, 4) is 0 Å². The molecule has 3 heterocycles. The quantitative estimate of drug-likeness (QED) is 0.143. The SMILES string of the molecule is CN1CC[C@@]2(n3cc(CCNS(=O)(=O)c4ccc([N+](=O)[O-])cc4)c4ccccc43)c3cccc(I)c3N(C(=O)OC(C)(C)C)[C@@H]12. The van der Waals surface area contributed by atoms with Crippen LogP contribution < -0.4 is 9.62 Å². The number of hydrogen-bond donors (Lipinski definition) is 1. The van der Waals surface area contributed by atoms with Crippen molar-refractivity contribution < 1.29 is 22.9 Å². The first-order valence-corrected chi connectivity index (χ1v) is 17.2. The molecule has 1 fully saturated rings. The zero-order valence-corrected chi connectivity index (χ0v) is 28.3. The van der Waals surface area contributed by atoms with Crippen LogP contribution in [-0.4, -0.2) is 60.8 Å². The summed E-state index contributed by atoms with van der Waals surface area (Å²) in [4.78, 5) is 28.3. The smallest absolute Gasteiger partial charge is 0.416 e. The van der Waals surface area contributed by atoms with Crippen LogP contribution in [-0.2, 0) is 26.7 Å². The number of anilines is 1.